The fourth-order valence-corrected chi connectivity index (χ4v) is 2.25. The summed E-state index contributed by atoms with van der Waals surface area (Å²) in [5.41, 5.74) is -0.400. The predicted octanol–water partition coefficient (Wildman–Crippen LogP) is 1.11. The van der Waals surface area contributed by atoms with Crippen molar-refractivity contribution in [2.45, 2.75) is 25.7 Å². The molecule has 1 saturated heterocycles. The molecule has 4 nitrogen and oxygen atoms in total. The number of aliphatic hydroxyl groups excluding tert-OH is 1. The van der Waals surface area contributed by atoms with Crippen LogP contribution in [0.4, 0.5) is 0 Å². The van der Waals surface area contributed by atoms with E-state index in [-0.39, 0.29) is 6.61 Å². The molecule has 16 heavy (non-hydrogen) atoms. The van der Waals surface area contributed by atoms with Crippen molar-refractivity contribution >= 4 is 11.9 Å². The number of allylic oxidation sites excluding steroid dienone is 1. The van der Waals surface area contributed by atoms with E-state index in [0.717, 1.165) is 12.8 Å². The zero-order valence-electron chi connectivity index (χ0n) is 8.94. The number of ether oxygens (including phenoxy) is 1. The van der Waals surface area contributed by atoms with Gasteiger partial charge in [-0.3, -0.25) is 4.79 Å². The van der Waals surface area contributed by atoms with Crippen molar-refractivity contribution < 1.29 is 19.4 Å². The molecule has 0 bridgehead atoms. The first kappa shape index (κ1) is 11.1. The van der Waals surface area contributed by atoms with Gasteiger partial charge in [0.1, 0.15) is 5.41 Å². The molecule has 1 fully saturated rings. The van der Waals surface area contributed by atoms with E-state index in [9.17, 15) is 9.59 Å². The smallest absolute Gasteiger partial charge is 0.342 e. The van der Waals surface area contributed by atoms with E-state index in [2.05, 4.69) is 4.74 Å². The van der Waals surface area contributed by atoms with E-state index in [1.54, 1.807) is 18.2 Å². The molecule has 0 spiro atoms. The molecule has 2 aliphatic rings. The van der Waals surface area contributed by atoms with Gasteiger partial charge in [0.15, 0.2) is 0 Å². The second-order valence-electron chi connectivity index (χ2n) is 4.07. The fraction of sp³-hybridized carbons (Fsp3) is 0.500. The van der Waals surface area contributed by atoms with Gasteiger partial charge < -0.3 is 9.84 Å². The molecule has 1 aliphatic carbocycles. The van der Waals surface area contributed by atoms with E-state index in [4.69, 9.17) is 5.11 Å². The van der Waals surface area contributed by atoms with Gasteiger partial charge >= 0.3 is 11.9 Å². The average molecular weight is 222 g/mol. The van der Waals surface area contributed by atoms with Gasteiger partial charge in [0.2, 0.25) is 0 Å². The predicted molar refractivity (Wildman–Crippen MR) is 56.3 cm³/mol. The summed E-state index contributed by atoms with van der Waals surface area (Å²) in [5.74, 6) is -0.990. The van der Waals surface area contributed by atoms with Gasteiger partial charge in [-0.15, -0.1) is 0 Å². The molecule has 1 heterocycles. The van der Waals surface area contributed by atoms with E-state index >= 15 is 0 Å². The van der Waals surface area contributed by atoms with Crippen molar-refractivity contribution in [1.29, 1.82) is 0 Å². The first-order valence-corrected chi connectivity index (χ1v) is 5.46. The molecule has 0 aromatic carbocycles. The standard InChI is InChI=1S/C12H14O4/c13-8-4-3-7-12-6-2-1-5-9(12)10(14)16-11(12)15/h3,5,7,13H,1-2,4,6,8H2/b7-3+. The highest BCUT2D eigenvalue weighted by Gasteiger charge is 2.52. The molecule has 2 rings (SSSR count). The van der Waals surface area contributed by atoms with E-state index in [0.29, 0.717) is 18.4 Å². The minimum atomic E-state index is -0.871. The zero-order chi connectivity index (χ0) is 11.6. The summed E-state index contributed by atoms with van der Waals surface area (Å²) in [6, 6.07) is 0. The molecule has 1 aliphatic heterocycles. The maximum absolute atomic E-state index is 11.7. The van der Waals surface area contributed by atoms with Crippen molar-refractivity contribution in [3.8, 4) is 0 Å². The molecule has 0 aromatic rings. The summed E-state index contributed by atoms with van der Waals surface area (Å²) in [7, 11) is 0. The van der Waals surface area contributed by atoms with E-state index in [1.807, 2.05) is 0 Å². The highest BCUT2D eigenvalue weighted by Crippen LogP contribution is 2.45. The molecule has 1 unspecified atom stereocenters. The van der Waals surface area contributed by atoms with Crippen LogP contribution < -0.4 is 0 Å². The molecule has 0 amide bonds. The lowest BCUT2D eigenvalue weighted by Crippen LogP contribution is -2.27. The number of esters is 2. The van der Waals surface area contributed by atoms with Crippen molar-refractivity contribution in [3.05, 3.63) is 23.8 Å². The maximum Gasteiger partial charge on any atom is 0.342 e. The van der Waals surface area contributed by atoms with Gasteiger partial charge in [-0.1, -0.05) is 18.2 Å². The third kappa shape index (κ3) is 1.59. The Morgan fingerprint density at radius 3 is 3.06 bits per heavy atom. The Morgan fingerprint density at radius 2 is 2.31 bits per heavy atom. The Bertz CT molecular complexity index is 380. The van der Waals surface area contributed by atoms with Gasteiger partial charge in [-0.05, 0) is 25.7 Å². The molecule has 4 heteroatoms. The SMILES string of the molecule is O=C1OC(=O)C2(/C=C/CCO)CCCC=C12. The van der Waals surface area contributed by atoms with Crippen LogP contribution >= 0.6 is 0 Å². The Hall–Kier alpha value is -1.42. The molecule has 1 N–H and O–H groups in total. The van der Waals surface area contributed by atoms with Crippen molar-refractivity contribution in [2.75, 3.05) is 6.61 Å². The molecule has 0 aromatic heterocycles. The second kappa shape index (κ2) is 4.22. The van der Waals surface area contributed by atoms with Crippen LogP contribution in [0, 0.1) is 5.41 Å². The summed E-state index contributed by atoms with van der Waals surface area (Å²) >= 11 is 0. The van der Waals surface area contributed by atoms with Crippen molar-refractivity contribution in [1.82, 2.24) is 0 Å². The van der Waals surface area contributed by atoms with E-state index < -0.39 is 17.4 Å². The van der Waals surface area contributed by atoms with Gasteiger partial charge in [-0.2, -0.15) is 0 Å². The monoisotopic (exact) mass is 222 g/mol. The van der Waals surface area contributed by atoms with Crippen LogP contribution in [0.2, 0.25) is 0 Å². The van der Waals surface area contributed by atoms with Crippen LogP contribution in [0.1, 0.15) is 25.7 Å². The Labute approximate surface area is 93.6 Å². The summed E-state index contributed by atoms with van der Waals surface area (Å²) in [6.07, 6.45) is 8.02. The topological polar surface area (TPSA) is 63.6 Å². The van der Waals surface area contributed by atoms with Crippen molar-refractivity contribution in [2.24, 2.45) is 5.41 Å². The molecule has 0 radical (unpaired) electrons. The highest BCUT2D eigenvalue weighted by molar-refractivity contribution is 6.11. The molecular weight excluding hydrogens is 208 g/mol. The van der Waals surface area contributed by atoms with Crippen molar-refractivity contribution in [3.63, 3.8) is 0 Å². The minimum Gasteiger partial charge on any atom is -0.396 e. The quantitative estimate of drug-likeness (QED) is 0.441. The number of rotatable bonds is 3. The van der Waals surface area contributed by atoms with Gasteiger partial charge in [-0.25, -0.2) is 4.79 Å². The Kier molecular flexibility index (Phi) is 2.92. The Balaban J connectivity index is 2.34. The third-order valence-electron chi connectivity index (χ3n) is 3.07. The first-order valence-electron chi connectivity index (χ1n) is 5.46. The molecule has 1 atom stereocenters. The number of carbonyl (C=O) groups is 2. The lowest BCUT2D eigenvalue weighted by atomic mass is 9.73. The lowest BCUT2D eigenvalue weighted by molar-refractivity contribution is -0.154. The summed E-state index contributed by atoms with van der Waals surface area (Å²) in [6.45, 7) is 0.0363. The molecular formula is C12H14O4. The van der Waals surface area contributed by atoms with Crippen LogP contribution in [0.5, 0.6) is 0 Å². The molecule has 86 valence electrons. The average Bonchev–Trinajstić information content (AvgIpc) is 2.53. The third-order valence-corrected chi connectivity index (χ3v) is 3.07. The van der Waals surface area contributed by atoms with Crippen LogP contribution in [-0.2, 0) is 14.3 Å². The van der Waals surface area contributed by atoms with Crippen LogP contribution in [-0.4, -0.2) is 23.7 Å². The normalized spacial score (nSPS) is 29.2. The summed E-state index contributed by atoms with van der Waals surface area (Å²) < 4.78 is 4.68. The number of carbonyl (C=O) groups excluding carboxylic acids is 2. The van der Waals surface area contributed by atoms with Gasteiger partial charge in [0.05, 0.1) is 5.57 Å². The fourth-order valence-electron chi connectivity index (χ4n) is 2.25. The van der Waals surface area contributed by atoms with Crippen LogP contribution in [0.3, 0.4) is 0 Å². The second-order valence-corrected chi connectivity index (χ2v) is 4.07. The molecule has 0 saturated carbocycles. The summed E-state index contributed by atoms with van der Waals surface area (Å²) in [4.78, 5) is 23.2. The first-order chi connectivity index (χ1) is 7.70. The number of cyclic esters (lactones) is 2. The van der Waals surface area contributed by atoms with Crippen LogP contribution in [0.25, 0.3) is 0 Å². The van der Waals surface area contributed by atoms with Gasteiger partial charge in [0, 0.05) is 6.61 Å². The number of aliphatic hydroxyl groups is 1. The zero-order valence-corrected chi connectivity index (χ0v) is 8.94. The van der Waals surface area contributed by atoms with Crippen LogP contribution in [0.15, 0.2) is 23.8 Å². The van der Waals surface area contributed by atoms with E-state index in [1.165, 1.54) is 0 Å². The Morgan fingerprint density at radius 1 is 1.50 bits per heavy atom. The number of hydrogen-bond acceptors (Lipinski definition) is 4. The minimum absolute atomic E-state index is 0.0363. The number of hydrogen-bond donors (Lipinski definition) is 1. The van der Waals surface area contributed by atoms with Gasteiger partial charge in [0.25, 0.3) is 0 Å². The highest BCUT2D eigenvalue weighted by atomic mass is 16.6. The largest absolute Gasteiger partial charge is 0.396 e. The lowest BCUT2D eigenvalue weighted by Gasteiger charge is -2.24. The summed E-state index contributed by atoms with van der Waals surface area (Å²) in [5, 5.41) is 8.70. The number of fused-ring (bicyclic) bond motifs is 1. The maximum atomic E-state index is 11.7.